The molecule has 3 aliphatic heterocycles. The maximum Gasteiger partial charge on any atom is 0.247 e. The minimum absolute atomic E-state index is 0.0945. The molecule has 156 valence electrons. The molecule has 1 unspecified atom stereocenters. The molecule has 10 nitrogen and oxygen atoms in total. The molecule has 5 rings (SSSR count). The van der Waals surface area contributed by atoms with Crippen molar-refractivity contribution >= 4 is 17.7 Å². The van der Waals surface area contributed by atoms with E-state index in [2.05, 4.69) is 10.2 Å². The number of piperidine rings is 1. The van der Waals surface area contributed by atoms with Crippen molar-refractivity contribution in [3.8, 4) is 23.0 Å². The van der Waals surface area contributed by atoms with E-state index < -0.39 is 0 Å². The van der Waals surface area contributed by atoms with Crippen LogP contribution in [0.3, 0.4) is 0 Å². The lowest BCUT2D eigenvalue weighted by Gasteiger charge is -2.32. The van der Waals surface area contributed by atoms with Gasteiger partial charge in [-0.25, -0.2) is 0 Å². The summed E-state index contributed by atoms with van der Waals surface area (Å²) >= 11 is 0. The number of benzene rings is 1. The highest BCUT2D eigenvalue weighted by atomic mass is 16.7. The van der Waals surface area contributed by atoms with Crippen LogP contribution in [0.4, 0.5) is 0 Å². The standard InChI is InChI=1S/C20H20N4O6/c25-16-5-6-17(26)24(16)10-18(27)23-7-1-2-13(9-23)20-22-21-19(30-20)12-3-4-14-15(8-12)29-11-28-14/h3-4,8,13H,1-2,5-7,9-11H2. The molecule has 0 spiro atoms. The largest absolute Gasteiger partial charge is 0.454 e. The second-order valence-electron chi connectivity index (χ2n) is 7.57. The van der Waals surface area contributed by atoms with Crippen LogP contribution in [0.15, 0.2) is 22.6 Å². The van der Waals surface area contributed by atoms with Crippen molar-refractivity contribution in [1.29, 1.82) is 0 Å². The van der Waals surface area contributed by atoms with Crippen LogP contribution in [-0.4, -0.2) is 64.1 Å². The number of likely N-dealkylation sites (tertiary alicyclic amines) is 2. The molecule has 30 heavy (non-hydrogen) atoms. The van der Waals surface area contributed by atoms with Gasteiger partial charge in [-0.15, -0.1) is 10.2 Å². The third-order valence-corrected chi connectivity index (χ3v) is 5.63. The predicted octanol–water partition coefficient (Wildman–Crippen LogP) is 1.32. The molecule has 3 aliphatic rings. The fraction of sp³-hybridized carbons (Fsp3) is 0.450. The molecule has 0 N–H and O–H groups in total. The Bertz CT molecular complexity index is 1000. The summed E-state index contributed by atoms with van der Waals surface area (Å²) in [6.07, 6.45) is 1.95. The van der Waals surface area contributed by atoms with E-state index in [0.717, 1.165) is 23.3 Å². The lowest BCUT2D eigenvalue weighted by molar-refractivity contribution is -0.146. The zero-order chi connectivity index (χ0) is 20.7. The molecule has 2 fully saturated rings. The number of amides is 3. The number of imide groups is 1. The normalized spacial score (nSPS) is 20.9. The van der Waals surface area contributed by atoms with Gasteiger partial charge in [-0.2, -0.15) is 0 Å². The van der Waals surface area contributed by atoms with Gasteiger partial charge in [-0.1, -0.05) is 0 Å². The third-order valence-electron chi connectivity index (χ3n) is 5.63. The van der Waals surface area contributed by atoms with Crippen LogP contribution < -0.4 is 9.47 Å². The van der Waals surface area contributed by atoms with Gasteiger partial charge in [0.1, 0.15) is 6.54 Å². The summed E-state index contributed by atoms with van der Waals surface area (Å²) in [5.41, 5.74) is 0.729. The zero-order valence-corrected chi connectivity index (χ0v) is 16.2. The first-order valence-corrected chi connectivity index (χ1v) is 9.93. The average molecular weight is 412 g/mol. The monoisotopic (exact) mass is 412 g/mol. The second-order valence-corrected chi connectivity index (χ2v) is 7.57. The third kappa shape index (κ3) is 3.38. The minimum Gasteiger partial charge on any atom is -0.454 e. The molecule has 0 aliphatic carbocycles. The van der Waals surface area contributed by atoms with Crippen molar-refractivity contribution in [3.63, 3.8) is 0 Å². The number of carbonyl (C=O) groups excluding carboxylic acids is 3. The smallest absolute Gasteiger partial charge is 0.247 e. The van der Waals surface area contributed by atoms with Crippen LogP contribution in [0.1, 0.15) is 37.5 Å². The fourth-order valence-electron chi connectivity index (χ4n) is 3.99. The second kappa shape index (κ2) is 7.43. The van der Waals surface area contributed by atoms with Gasteiger partial charge in [0.25, 0.3) is 0 Å². The van der Waals surface area contributed by atoms with Crippen molar-refractivity contribution in [1.82, 2.24) is 20.0 Å². The van der Waals surface area contributed by atoms with Gasteiger partial charge in [0, 0.05) is 31.5 Å². The van der Waals surface area contributed by atoms with Gasteiger partial charge < -0.3 is 18.8 Å². The Morgan fingerprint density at radius 2 is 1.90 bits per heavy atom. The molecular formula is C20H20N4O6. The molecule has 0 radical (unpaired) electrons. The lowest BCUT2D eigenvalue weighted by Crippen LogP contribution is -2.46. The molecule has 3 amide bonds. The van der Waals surface area contributed by atoms with Crippen molar-refractivity contribution in [2.75, 3.05) is 26.4 Å². The van der Waals surface area contributed by atoms with E-state index in [1.165, 1.54) is 0 Å². The first-order valence-electron chi connectivity index (χ1n) is 9.93. The lowest BCUT2D eigenvalue weighted by atomic mass is 9.98. The van der Waals surface area contributed by atoms with Crippen molar-refractivity contribution in [2.45, 2.75) is 31.6 Å². The van der Waals surface area contributed by atoms with E-state index in [0.29, 0.717) is 36.4 Å². The van der Waals surface area contributed by atoms with Crippen LogP contribution in [-0.2, 0) is 14.4 Å². The summed E-state index contributed by atoms with van der Waals surface area (Å²) < 4.78 is 16.6. The average Bonchev–Trinajstić information content (AvgIpc) is 3.50. The molecule has 1 aromatic carbocycles. The maximum absolute atomic E-state index is 12.6. The van der Waals surface area contributed by atoms with Gasteiger partial charge in [0.15, 0.2) is 11.5 Å². The number of nitrogens with zero attached hydrogens (tertiary/aromatic N) is 4. The Labute approximate surface area is 171 Å². The van der Waals surface area contributed by atoms with Crippen molar-refractivity contribution in [2.24, 2.45) is 0 Å². The molecule has 0 bridgehead atoms. The van der Waals surface area contributed by atoms with Gasteiger partial charge in [-0.05, 0) is 31.0 Å². The van der Waals surface area contributed by atoms with Crippen LogP contribution in [0.2, 0.25) is 0 Å². The number of aromatic nitrogens is 2. The van der Waals surface area contributed by atoms with Gasteiger partial charge in [-0.3, -0.25) is 19.3 Å². The van der Waals surface area contributed by atoms with Crippen LogP contribution >= 0.6 is 0 Å². The highest BCUT2D eigenvalue weighted by molar-refractivity contribution is 6.04. The molecule has 0 saturated carbocycles. The van der Waals surface area contributed by atoms with Crippen molar-refractivity contribution in [3.05, 3.63) is 24.1 Å². The Balaban J connectivity index is 1.27. The van der Waals surface area contributed by atoms with E-state index in [4.69, 9.17) is 13.9 Å². The Morgan fingerprint density at radius 1 is 1.10 bits per heavy atom. The number of ether oxygens (including phenoxy) is 2. The summed E-state index contributed by atoms with van der Waals surface area (Å²) in [7, 11) is 0. The van der Waals surface area contributed by atoms with Crippen molar-refractivity contribution < 1.29 is 28.3 Å². The molecule has 2 saturated heterocycles. The minimum atomic E-state index is -0.285. The highest BCUT2D eigenvalue weighted by Crippen LogP contribution is 2.36. The summed E-state index contributed by atoms with van der Waals surface area (Å²) in [5.74, 6) is 1.25. The first kappa shape index (κ1) is 18.6. The Hall–Kier alpha value is -3.43. The number of fused-ring (bicyclic) bond motifs is 1. The molecule has 4 heterocycles. The number of hydrogen-bond acceptors (Lipinski definition) is 8. The van der Waals surface area contributed by atoms with Gasteiger partial charge >= 0.3 is 0 Å². The molecule has 1 atom stereocenters. The maximum atomic E-state index is 12.6. The predicted molar refractivity (Wildman–Crippen MR) is 100 cm³/mol. The SMILES string of the molecule is O=C(CN1C(=O)CCC1=O)N1CCCC(c2nnc(-c3ccc4c(c3)OCO4)o2)C1. The molecule has 10 heteroatoms. The van der Waals surface area contributed by atoms with E-state index >= 15 is 0 Å². The van der Waals surface area contributed by atoms with E-state index in [-0.39, 0.29) is 49.8 Å². The fourth-order valence-corrected chi connectivity index (χ4v) is 3.99. The number of carbonyl (C=O) groups is 3. The van der Waals surface area contributed by atoms with Crippen LogP contribution in [0.5, 0.6) is 11.5 Å². The van der Waals surface area contributed by atoms with Gasteiger partial charge in [0.2, 0.25) is 36.3 Å². The molecule has 2 aromatic rings. The highest BCUT2D eigenvalue weighted by Gasteiger charge is 2.34. The van der Waals surface area contributed by atoms with Crippen LogP contribution in [0, 0.1) is 0 Å². The first-order chi connectivity index (χ1) is 14.6. The quantitative estimate of drug-likeness (QED) is 0.691. The summed E-state index contributed by atoms with van der Waals surface area (Å²) in [5, 5.41) is 8.33. The van der Waals surface area contributed by atoms with E-state index in [9.17, 15) is 14.4 Å². The summed E-state index contributed by atoms with van der Waals surface area (Å²) in [6.45, 7) is 0.984. The Kier molecular flexibility index (Phi) is 4.61. The molecular weight excluding hydrogens is 392 g/mol. The van der Waals surface area contributed by atoms with Gasteiger partial charge in [0.05, 0.1) is 5.92 Å². The zero-order valence-electron chi connectivity index (χ0n) is 16.2. The number of rotatable bonds is 4. The van der Waals surface area contributed by atoms with E-state index in [1.54, 1.807) is 17.0 Å². The topological polar surface area (TPSA) is 115 Å². The summed E-state index contributed by atoms with van der Waals surface area (Å²) in [6, 6.07) is 5.41. The Morgan fingerprint density at radius 3 is 2.73 bits per heavy atom. The van der Waals surface area contributed by atoms with E-state index in [1.807, 2.05) is 6.07 Å². The molecule has 1 aromatic heterocycles. The van der Waals surface area contributed by atoms with Crippen LogP contribution in [0.25, 0.3) is 11.5 Å². The number of hydrogen-bond donors (Lipinski definition) is 0. The summed E-state index contributed by atoms with van der Waals surface area (Å²) in [4.78, 5) is 38.9.